The first-order valence-corrected chi connectivity index (χ1v) is 11.4. The van der Waals surface area contributed by atoms with Crippen LogP contribution < -0.4 is 4.90 Å². The van der Waals surface area contributed by atoms with E-state index in [9.17, 15) is 13.0 Å². The molecule has 1 aliphatic heterocycles. The zero-order valence-corrected chi connectivity index (χ0v) is 18.2. The second-order valence-electron chi connectivity index (χ2n) is 8.45. The molecule has 1 aliphatic carbocycles. The summed E-state index contributed by atoms with van der Waals surface area (Å²) in [4.78, 5) is 1.75. The van der Waals surface area contributed by atoms with Crippen LogP contribution in [0.2, 0.25) is 0 Å². The minimum Gasteiger partial charge on any atom is -0.726 e. The molecular formula is C22H31N2O4S+. The van der Waals surface area contributed by atoms with E-state index in [1.807, 2.05) is 0 Å². The van der Waals surface area contributed by atoms with Gasteiger partial charge in [-0.2, -0.15) is 0 Å². The normalized spacial score (nSPS) is 19.3. The van der Waals surface area contributed by atoms with Crippen molar-refractivity contribution in [3.8, 4) is 0 Å². The van der Waals surface area contributed by atoms with Crippen molar-refractivity contribution >= 4 is 10.4 Å². The molecule has 1 saturated heterocycles. The van der Waals surface area contributed by atoms with E-state index >= 15 is 0 Å². The third-order valence-corrected chi connectivity index (χ3v) is 6.49. The molecule has 2 aliphatic rings. The fourth-order valence-corrected chi connectivity index (χ4v) is 4.38. The van der Waals surface area contributed by atoms with Crippen molar-refractivity contribution in [2.75, 3.05) is 47.4 Å². The van der Waals surface area contributed by atoms with Crippen LogP contribution in [0.5, 0.6) is 0 Å². The van der Waals surface area contributed by atoms with Crippen molar-refractivity contribution in [3.63, 3.8) is 0 Å². The molecule has 1 fully saturated rings. The number of fused-ring (bicyclic) bond motifs is 2. The van der Waals surface area contributed by atoms with Gasteiger partial charge in [0, 0.05) is 11.1 Å². The minimum absolute atomic E-state index is 0.519. The second kappa shape index (κ2) is 8.93. The predicted octanol–water partition coefficient (Wildman–Crippen LogP) is 0.943. The number of hydrogen-bond donors (Lipinski definition) is 1. The van der Waals surface area contributed by atoms with Crippen LogP contribution in [-0.4, -0.2) is 64.8 Å². The largest absolute Gasteiger partial charge is 0.726 e. The van der Waals surface area contributed by atoms with Gasteiger partial charge in [0.15, 0.2) is 0 Å². The van der Waals surface area contributed by atoms with Crippen LogP contribution in [0, 0.1) is 0 Å². The van der Waals surface area contributed by atoms with E-state index in [0.29, 0.717) is 6.04 Å². The average molecular weight is 420 g/mol. The molecule has 0 spiro atoms. The van der Waals surface area contributed by atoms with Crippen LogP contribution in [0.4, 0.5) is 0 Å². The first-order valence-electron chi connectivity index (χ1n) is 10.0. The lowest BCUT2D eigenvalue weighted by molar-refractivity contribution is -1.02. The molecule has 6 nitrogen and oxygen atoms in total. The lowest BCUT2D eigenvalue weighted by Gasteiger charge is -2.40. The molecule has 2 aromatic carbocycles. The fraction of sp³-hybridized carbons (Fsp3) is 0.455. The monoisotopic (exact) mass is 419 g/mol. The highest BCUT2D eigenvalue weighted by Gasteiger charge is 2.36. The van der Waals surface area contributed by atoms with Crippen LogP contribution >= 0.6 is 0 Å². The Labute approximate surface area is 174 Å². The van der Waals surface area contributed by atoms with Crippen LogP contribution in [0.1, 0.15) is 28.3 Å². The molecule has 0 atom stereocenters. The Morgan fingerprint density at radius 3 is 1.76 bits per heavy atom. The second-order valence-corrected chi connectivity index (χ2v) is 9.60. The molecule has 1 N–H and O–H groups in total. The molecule has 1 heterocycles. The van der Waals surface area contributed by atoms with E-state index in [4.69, 9.17) is 0 Å². The van der Waals surface area contributed by atoms with E-state index in [1.54, 1.807) is 27.2 Å². The Morgan fingerprint density at radius 1 is 0.931 bits per heavy atom. The molecule has 0 aromatic heterocycles. The number of piperazine rings is 1. The lowest BCUT2D eigenvalue weighted by atomic mass is 9.92. The average Bonchev–Trinajstić information content (AvgIpc) is 2.85. The highest BCUT2D eigenvalue weighted by molar-refractivity contribution is 7.80. The maximum absolute atomic E-state index is 9.22. The summed E-state index contributed by atoms with van der Waals surface area (Å²) in [5, 5.41) is 0. The molecule has 0 saturated carbocycles. The quantitative estimate of drug-likeness (QED) is 0.447. The van der Waals surface area contributed by atoms with Gasteiger partial charge in [-0.15, -0.1) is 0 Å². The summed E-state index contributed by atoms with van der Waals surface area (Å²) < 4.78 is 32.2. The molecule has 2 aromatic rings. The summed E-state index contributed by atoms with van der Waals surface area (Å²) >= 11 is 0. The van der Waals surface area contributed by atoms with Crippen molar-refractivity contribution in [1.29, 1.82) is 0 Å². The summed E-state index contributed by atoms with van der Waals surface area (Å²) in [7, 11) is 1.13. The van der Waals surface area contributed by atoms with E-state index in [0.717, 1.165) is 7.11 Å². The van der Waals surface area contributed by atoms with Gasteiger partial charge in [-0.1, -0.05) is 48.5 Å². The van der Waals surface area contributed by atoms with Crippen molar-refractivity contribution < 1.29 is 26.5 Å². The standard InChI is InChI=1S/C21H27N2.CH4O4S/c1-23(2)15-13-22(14-16-23)21-19-9-5-3-7-17(19)11-12-18-8-4-6-10-20(18)21;1-5-6(2,3)4/h3-10,21H,11-16H2,1-2H3;1H3,(H,2,3,4)/q+1;. The van der Waals surface area contributed by atoms with Crippen molar-refractivity contribution in [3.05, 3.63) is 70.8 Å². The summed E-state index contributed by atoms with van der Waals surface area (Å²) in [6.07, 6.45) is 2.36. The number of quaternary nitrogens is 2. The number of nitrogens with one attached hydrogen (secondary N) is 1. The Balaban J connectivity index is 0.000000353. The molecule has 0 radical (unpaired) electrons. The number of hydrogen-bond acceptors (Lipinski definition) is 4. The molecule has 4 rings (SSSR count). The minimum atomic E-state index is -4.41. The van der Waals surface area contributed by atoms with Crippen LogP contribution in [0.3, 0.4) is 0 Å². The SMILES string of the molecule is COS(=O)(=O)[O-].C[N+]1(C)CC[NH+](C2c3ccccc3CCc3ccccc32)CC1. The van der Waals surface area contributed by atoms with E-state index in [2.05, 4.69) is 66.8 Å². The first-order chi connectivity index (χ1) is 13.7. The van der Waals surface area contributed by atoms with Gasteiger partial charge in [-0.25, -0.2) is 8.42 Å². The topological polar surface area (TPSA) is 70.9 Å². The Hall–Kier alpha value is -1.77. The Morgan fingerprint density at radius 2 is 1.34 bits per heavy atom. The van der Waals surface area contributed by atoms with Crippen LogP contribution in [0.15, 0.2) is 48.5 Å². The van der Waals surface area contributed by atoms with E-state index in [1.165, 1.54) is 43.5 Å². The Kier molecular flexibility index (Phi) is 6.76. The maximum atomic E-state index is 9.22. The summed E-state index contributed by atoms with van der Waals surface area (Å²) in [6.45, 7) is 5.08. The summed E-state index contributed by atoms with van der Waals surface area (Å²) in [6, 6.07) is 18.8. The summed E-state index contributed by atoms with van der Waals surface area (Å²) in [5.74, 6) is 0. The maximum Gasteiger partial charge on any atom is 0.217 e. The number of aryl methyl sites for hydroxylation is 2. The van der Waals surface area contributed by atoms with Gasteiger partial charge in [-0.3, -0.25) is 4.18 Å². The third kappa shape index (κ3) is 5.65. The van der Waals surface area contributed by atoms with Gasteiger partial charge in [0.05, 0.1) is 21.2 Å². The lowest BCUT2D eigenvalue weighted by Crippen LogP contribution is -3.15. The van der Waals surface area contributed by atoms with Crippen molar-refractivity contribution in [1.82, 2.24) is 0 Å². The van der Waals surface area contributed by atoms with Crippen LogP contribution in [-0.2, 0) is 27.4 Å². The predicted molar refractivity (Wildman–Crippen MR) is 111 cm³/mol. The van der Waals surface area contributed by atoms with Gasteiger partial charge >= 0.3 is 0 Å². The fourth-order valence-electron chi connectivity index (χ4n) is 4.38. The van der Waals surface area contributed by atoms with Gasteiger partial charge < -0.3 is 13.9 Å². The Bertz CT molecular complexity index is 886. The number of likely N-dealkylation sites (N-methyl/N-ethyl adjacent to an activating group) is 1. The van der Waals surface area contributed by atoms with Crippen molar-refractivity contribution in [2.24, 2.45) is 0 Å². The highest BCUT2D eigenvalue weighted by Crippen LogP contribution is 2.30. The third-order valence-electron chi connectivity index (χ3n) is 6.08. The van der Waals surface area contributed by atoms with Crippen LogP contribution in [0.25, 0.3) is 0 Å². The smallest absolute Gasteiger partial charge is 0.217 e. The number of benzene rings is 2. The van der Waals surface area contributed by atoms with Gasteiger partial charge in [0.25, 0.3) is 0 Å². The summed E-state index contributed by atoms with van der Waals surface area (Å²) in [5.41, 5.74) is 6.25. The van der Waals surface area contributed by atoms with E-state index in [-0.39, 0.29) is 0 Å². The molecule has 0 unspecified atom stereocenters. The zero-order chi connectivity index (χ0) is 21.1. The van der Waals surface area contributed by atoms with Gasteiger partial charge in [0.2, 0.25) is 10.4 Å². The number of rotatable bonds is 2. The number of nitrogens with zero attached hydrogens (tertiary/aromatic N) is 1. The highest BCUT2D eigenvalue weighted by atomic mass is 32.3. The molecular weight excluding hydrogens is 388 g/mol. The molecule has 7 heteroatoms. The molecule has 158 valence electrons. The van der Waals surface area contributed by atoms with Crippen molar-refractivity contribution in [2.45, 2.75) is 18.9 Å². The van der Waals surface area contributed by atoms with E-state index < -0.39 is 10.4 Å². The molecule has 0 bridgehead atoms. The molecule has 29 heavy (non-hydrogen) atoms. The van der Waals surface area contributed by atoms with Gasteiger partial charge in [-0.05, 0) is 24.0 Å². The molecule has 0 amide bonds. The zero-order valence-electron chi connectivity index (χ0n) is 17.4. The first kappa shape index (κ1) is 21.9. The van der Waals surface area contributed by atoms with Gasteiger partial charge in [0.1, 0.15) is 32.2 Å².